The minimum atomic E-state index is 0.0556. The molecular formula is C9H10INO. The normalized spacial score (nSPS) is 9.58. The molecule has 0 aliphatic carbocycles. The summed E-state index contributed by atoms with van der Waals surface area (Å²) in [5.74, 6) is 0.0556. The van der Waals surface area contributed by atoms with Crippen LogP contribution >= 0.6 is 22.6 Å². The highest BCUT2D eigenvalue weighted by atomic mass is 127. The van der Waals surface area contributed by atoms with E-state index in [-0.39, 0.29) is 5.91 Å². The molecule has 1 rings (SSSR count). The van der Waals surface area contributed by atoms with Gasteiger partial charge in [-0.25, -0.2) is 0 Å². The molecule has 0 atom stereocenters. The number of carbonyl (C=O) groups is 1. The third-order valence-electron chi connectivity index (χ3n) is 1.51. The van der Waals surface area contributed by atoms with Crippen molar-refractivity contribution in [2.24, 2.45) is 0 Å². The van der Waals surface area contributed by atoms with Gasteiger partial charge in [-0.1, -0.05) is 12.1 Å². The van der Waals surface area contributed by atoms with Crippen LogP contribution in [0.25, 0.3) is 0 Å². The summed E-state index contributed by atoms with van der Waals surface area (Å²) in [6.45, 7) is 0. The number of amides is 1. The van der Waals surface area contributed by atoms with Gasteiger partial charge in [-0.3, -0.25) is 4.79 Å². The number of benzene rings is 1. The van der Waals surface area contributed by atoms with E-state index in [0.717, 1.165) is 9.13 Å². The molecule has 3 heteroatoms. The summed E-state index contributed by atoms with van der Waals surface area (Å²) in [4.78, 5) is 13.1. The van der Waals surface area contributed by atoms with Crippen molar-refractivity contribution in [3.63, 3.8) is 0 Å². The lowest BCUT2D eigenvalue weighted by Crippen LogP contribution is -2.22. The van der Waals surface area contributed by atoms with Gasteiger partial charge < -0.3 is 4.90 Å². The van der Waals surface area contributed by atoms with Gasteiger partial charge in [0.15, 0.2) is 0 Å². The van der Waals surface area contributed by atoms with Crippen molar-refractivity contribution < 1.29 is 4.79 Å². The zero-order valence-electron chi connectivity index (χ0n) is 7.04. The highest BCUT2D eigenvalue weighted by Gasteiger charge is 2.09. The van der Waals surface area contributed by atoms with Crippen LogP contribution in [0.3, 0.4) is 0 Å². The number of halogens is 1. The van der Waals surface area contributed by atoms with Crippen molar-refractivity contribution in [2.75, 3.05) is 14.1 Å². The Balaban J connectivity index is 3.03. The van der Waals surface area contributed by atoms with Crippen molar-refractivity contribution in [2.45, 2.75) is 0 Å². The minimum Gasteiger partial charge on any atom is -0.345 e. The average Bonchev–Trinajstić information content (AvgIpc) is 2.04. The molecule has 1 aromatic carbocycles. The van der Waals surface area contributed by atoms with Crippen LogP contribution in [0.1, 0.15) is 10.4 Å². The molecule has 0 saturated heterocycles. The van der Waals surface area contributed by atoms with Gasteiger partial charge >= 0.3 is 0 Å². The third-order valence-corrected chi connectivity index (χ3v) is 2.45. The highest BCUT2D eigenvalue weighted by Crippen LogP contribution is 2.12. The quantitative estimate of drug-likeness (QED) is 0.718. The Kier molecular flexibility index (Phi) is 3.08. The molecule has 0 spiro atoms. The summed E-state index contributed by atoms with van der Waals surface area (Å²) in [5.41, 5.74) is 0.767. The molecule has 0 aliphatic rings. The monoisotopic (exact) mass is 275 g/mol. The van der Waals surface area contributed by atoms with Gasteiger partial charge in [0, 0.05) is 17.7 Å². The predicted molar refractivity (Wildman–Crippen MR) is 57.2 cm³/mol. The van der Waals surface area contributed by atoms with Crippen LogP contribution in [-0.2, 0) is 0 Å². The van der Waals surface area contributed by atoms with Crippen LogP contribution in [0.5, 0.6) is 0 Å². The maximum atomic E-state index is 11.5. The van der Waals surface area contributed by atoms with Crippen molar-refractivity contribution >= 4 is 28.5 Å². The van der Waals surface area contributed by atoms with Gasteiger partial charge in [-0.2, -0.15) is 0 Å². The van der Waals surface area contributed by atoms with E-state index in [9.17, 15) is 4.79 Å². The van der Waals surface area contributed by atoms with Crippen molar-refractivity contribution in [1.82, 2.24) is 4.90 Å². The van der Waals surface area contributed by atoms with Crippen LogP contribution in [-0.4, -0.2) is 24.9 Å². The lowest BCUT2D eigenvalue weighted by molar-refractivity contribution is 0.0826. The van der Waals surface area contributed by atoms with Gasteiger partial charge in [-0.05, 0) is 34.7 Å². The Morgan fingerprint density at radius 1 is 1.33 bits per heavy atom. The molecule has 1 aromatic rings. The van der Waals surface area contributed by atoms with E-state index < -0.39 is 0 Å². The highest BCUT2D eigenvalue weighted by molar-refractivity contribution is 14.1. The summed E-state index contributed by atoms with van der Waals surface area (Å²) in [6, 6.07) is 7.56. The topological polar surface area (TPSA) is 20.3 Å². The molecule has 0 saturated carbocycles. The minimum absolute atomic E-state index is 0.0556. The molecule has 12 heavy (non-hydrogen) atoms. The molecule has 0 heterocycles. The molecule has 2 nitrogen and oxygen atoms in total. The molecule has 0 radical (unpaired) electrons. The lowest BCUT2D eigenvalue weighted by Gasteiger charge is -2.10. The number of rotatable bonds is 1. The van der Waals surface area contributed by atoms with Crippen LogP contribution in [0.2, 0.25) is 0 Å². The third kappa shape index (κ3) is 1.97. The van der Waals surface area contributed by atoms with Crippen molar-refractivity contribution in [1.29, 1.82) is 0 Å². The molecule has 0 bridgehead atoms. The zero-order valence-corrected chi connectivity index (χ0v) is 9.20. The largest absolute Gasteiger partial charge is 0.345 e. The lowest BCUT2D eigenvalue weighted by atomic mass is 10.2. The second-order valence-corrected chi connectivity index (χ2v) is 3.84. The molecule has 0 fully saturated rings. The zero-order chi connectivity index (χ0) is 9.14. The number of nitrogens with zero attached hydrogens (tertiary/aromatic N) is 1. The van der Waals surface area contributed by atoms with Crippen molar-refractivity contribution in [3.05, 3.63) is 33.4 Å². The first kappa shape index (κ1) is 9.51. The second kappa shape index (κ2) is 3.89. The van der Waals surface area contributed by atoms with E-state index in [1.165, 1.54) is 0 Å². The van der Waals surface area contributed by atoms with Crippen LogP contribution in [0.4, 0.5) is 0 Å². The van der Waals surface area contributed by atoms with Gasteiger partial charge in [0.05, 0.1) is 5.56 Å². The van der Waals surface area contributed by atoms with E-state index in [0.29, 0.717) is 0 Å². The summed E-state index contributed by atoms with van der Waals surface area (Å²) in [5, 5.41) is 0. The Bertz CT molecular complexity index is 296. The second-order valence-electron chi connectivity index (χ2n) is 2.68. The van der Waals surface area contributed by atoms with Gasteiger partial charge in [0.2, 0.25) is 0 Å². The Labute approximate surface area is 85.7 Å². The first-order valence-electron chi connectivity index (χ1n) is 3.59. The molecule has 0 aromatic heterocycles. The van der Waals surface area contributed by atoms with E-state index in [1.54, 1.807) is 19.0 Å². The molecule has 1 amide bonds. The van der Waals surface area contributed by atoms with Crippen LogP contribution < -0.4 is 0 Å². The molecule has 0 aliphatic heterocycles. The van der Waals surface area contributed by atoms with Crippen molar-refractivity contribution in [3.8, 4) is 0 Å². The molecule has 64 valence electrons. The predicted octanol–water partition coefficient (Wildman–Crippen LogP) is 1.99. The van der Waals surface area contributed by atoms with E-state index >= 15 is 0 Å². The van der Waals surface area contributed by atoms with Crippen LogP contribution in [0.15, 0.2) is 24.3 Å². The summed E-state index contributed by atoms with van der Waals surface area (Å²) in [6.07, 6.45) is 0. The van der Waals surface area contributed by atoms with E-state index in [4.69, 9.17) is 0 Å². The number of carbonyl (C=O) groups excluding carboxylic acids is 1. The Hall–Kier alpha value is -0.580. The fourth-order valence-corrected chi connectivity index (χ4v) is 1.49. The number of hydrogen-bond acceptors (Lipinski definition) is 1. The SMILES string of the molecule is CN(C)C(=O)c1ccccc1I. The Morgan fingerprint density at radius 2 is 1.92 bits per heavy atom. The fraction of sp³-hybridized carbons (Fsp3) is 0.222. The molecule has 0 N–H and O–H groups in total. The van der Waals surface area contributed by atoms with Crippen LogP contribution in [0, 0.1) is 3.57 Å². The summed E-state index contributed by atoms with van der Waals surface area (Å²) >= 11 is 2.16. The molecule has 0 unspecified atom stereocenters. The molecular weight excluding hydrogens is 265 g/mol. The maximum absolute atomic E-state index is 11.5. The first-order valence-corrected chi connectivity index (χ1v) is 4.67. The van der Waals surface area contributed by atoms with Gasteiger partial charge in [-0.15, -0.1) is 0 Å². The summed E-state index contributed by atoms with van der Waals surface area (Å²) in [7, 11) is 3.51. The Morgan fingerprint density at radius 3 is 2.42 bits per heavy atom. The smallest absolute Gasteiger partial charge is 0.254 e. The number of hydrogen-bond donors (Lipinski definition) is 0. The maximum Gasteiger partial charge on any atom is 0.254 e. The van der Waals surface area contributed by atoms with E-state index in [1.807, 2.05) is 24.3 Å². The first-order chi connectivity index (χ1) is 5.63. The summed E-state index contributed by atoms with van der Waals surface area (Å²) < 4.78 is 0.994. The van der Waals surface area contributed by atoms with Gasteiger partial charge in [0.1, 0.15) is 0 Å². The standard InChI is InChI=1S/C9H10INO/c1-11(2)9(12)7-5-3-4-6-8(7)10/h3-6H,1-2H3. The van der Waals surface area contributed by atoms with Gasteiger partial charge in [0.25, 0.3) is 5.91 Å². The average molecular weight is 275 g/mol. The fourth-order valence-electron chi connectivity index (χ4n) is 0.876. The van der Waals surface area contributed by atoms with E-state index in [2.05, 4.69) is 22.6 Å².